The Morgan fingerprint density at radius 1 is 1.03 bits per heavy atom. The molecular formula is C24H20N4O7. The second kappa shape index (κ2) is 9.22. The van der Waals surface area contributed by atoms with Crippen LogP contribution < -0.4 is 11.0 Å². The van der Waals surface area contributed by atoms with Gasteiger partial charge in [-0.05, 0) is 30.3 Å². The van der Waals surface area contributed by atoms with Gasteiger partial charge in [-0.2, -0.15) is 4.98 Å². The van der Waals surface area contributed by atoms with Crippen molar-refractivity contribution >= 4 is 23.5 Å². The molecule has 2 aromatic carbocycles. The number of hydrogen-bond acceptors (Lipinski definition) is 8. The van der Waals surface area contributed by atoms with Crippen LogP contribution >= 0.6 is 0 Å². The van der Waals surface area contributed by atoms with Crippen LogP contribution in [0.2, 0.25) is 0 Å². The number of anilines is 1. The molecule has 11 nitrogen and oxygen atoms in total. The van der Waals surface area contributed by atoms with Crippen LogP contribution in [0.3, 0.4) is 0 Å². The van der Waals surface area contributed by atoms with Gasteiger partial charge in [0, 0.05) is 18.2 Å². The molecule has 2 N–H and O–H groups in total. The summed E-state index contributed by atoms with van der Waals surface area (Å²) in [6, 6.07) is 16.3. The largest absolute Gasteiger partial charge is 0.390 e. The average molecular weight is 476 g/mol. The second-order valence-corrected chi connectivity index (χ2v) is 8.00. The smallest absolute Gasteiger partial charge is 0.351 e. The molecule has 35 heavy (non-hydrogen) atoms. The maximum Gasteiger partial charge on any atom is 0.351 e. The fourth-order valence-electron chi connectivity index (χ4n) is 3.95. The fourth-order valence-corrected chi connectivity index (χ4v) is 3.95. The van der Waals surface area contributed by atoms with E-state index in [0.717, 1.165) is 0 Å². The lowest BCUT2D eigenvalue weighted by molar-refractivity contribution is -0.141. The van der Waals surface area contributed by atoms with Crippen molar-refractivity contribution in [2.45, 2.75) is 24.9 Å². The van der Waals surface area contributed by atoms with Crippen molar-refractivity contribution < 1.29 is 29.1 Å². The number of aliphatic hydroxyl groups excluding tert-OH is 1. The third-order valence-corrected chi connectivity index (χ3v) is 5.75. The molecule has 5 rings (SSSR count). The van der Waals surface area contributed by atoms with Gasteiger partial charge >= 0.3 is 5.69 Å². The standard InChI is InChI=1S/C24H20N4O7/c29-17-12-20(27-11-10-19(26-24(27)33)25-21(30)14-6-2-1-3-7-14)35-18(17)13-34-28-22(31)15-8-4-5-9-16(15)23(28)32/h1-11,17-18,20,29H,12-13H2,(H,25,26,30,33)/t17?,18-,20-/m1/s1. The summed E-state index contributed by atoms with van der Waals surface area (Å²) in [6.45, 7) is -0.281. The molecule has 2 aliphatic rings. The molecule has 0 aliphatic carbocycles. The quantitative estimate of drug-likeness (QED) is 0.509. The first-order chi connectivity index (χ1) is 16.9. The van der Waals surface area contributed by atoms with Gasteiger partial charge in [0.25, 0.3) is 17.7 Å². The van der Waals surface area contributed by atoms with Gasteiger partial charge in [-0.3, -0.25) is 23.8 Å². The summed E-state index contributed by atoms with van der Waals surface area (Å²) >= 11 is 0. The zero-order chi connectivity index (χ0) is 24.5. The van der Waals surface area contributed by atoms with Gasteiger partial charge in [0.1, 0.15) is 24.8 Å². The number of nitrogens with one attached hydrogen (secondary N) is 1. The first-order valence-electron chi connectivity index (χ1n) is 10.8. The van der Waals surface area contributed by atoms with E-state index in [0.29, 0.717) is 10.6 Å². The molecule has 3 heterocycles. The van der Waals surface area contributed by atoms with Crippen LogP contribution in [0, 0.1) is 0 Å². The summed E-state index contributed by atoms with van der Waals surface area (Å²) in [6.07, 6.45) is -1.29. The van der Waals surface area contributed by atoms with E-state index in [2.05, 4.69) is 10.3 Å². The predicted octanol–water partition coefficient (Wildman–Crippen LogP) is 1.37. The van der Waals surface area contributed by atoms with Crippen LogP contribution in [0.5, 0.6) is 0 Å². The lowest BCUT2D eigenvalue weighted by atomic mass is 10.1. The molecule has 1 fully saturated rings. The molecule has 3 aromatic rings. The highest BCUT2D eigenvalue weighted by Crippen LogP contribution is 2.29. The molecule has 1 aromatic heterocycles. The zero-order valence-corrected chi connectivity index (χ0v) is 18.2. The van der Waals surface area contributed by atoms with Crippen molar-refractivity contribution in [3.05, 3.63) is 94.0 Å². The highest BCUT2D eigenvalue weighted by molar-refractivity contribution is 6.20. The number of amides is 3. The van der Waals surface area contributed by atoms with Crippen molar-refractivity contribution in [1.82, 2.24) is 14.6 Å². The monoisotopic (exact) mass is 476 g/mol. The topological polar surface area (TPSA) is 140 Å². The van der Waals surface area contributed by atoms with Crippen molar-refractivity contribution in [2.75, 3.05) is 11.9 Å². The number of fused-ring (bicyclic) bond motifs is 1. The van der Waals surface area contributed by atoms with E-state index in [9.17, 15) is 24.3 Å². The molecule has 3 atom stereocenters. The second-order valence-electron chi connectivity index (χ2n) is 8.00. The normalized spacial score (nSPS) is 21.3. The van der Waals surface area contributed by atoms with Crippen LogP contribution in [0.25, 0.3) is 0 Å². The highest BCUT2D eigenvalue weighted by atomic mass is 16.7. The predicted molar refractivity (Wildman–Crippen MR) is 120 cm³/mol. The minimum atomic E-state index is -1.01. The van der Waals surface area contributed by atoms with E-state index in [1.807, 2.05) is 0 Å². The van der Waals surface area contributed by atoms with E-state index in [1.165, 1.54) is 29.0 Å². The van der Waals surface area contributed by atoms with Gasteiger partial charge < -0.3 is 15.2 Å². The Morgan fingerprint density at radius 3 is 2.34 bits per heavy atom. The Balaban J connectivity index is 1.22. The SMILES string of the molecule is O=C(Nc1ccn([C@H]2CC(O)[C@@H](CON3C(=O)c4ccccc4C3=O)O2)c(=O)n1)c1ccccc1. The van der Waals surface area contributed by atoms with E-state index in [-0.39, 0.29) is 30.0 Å². The summed E-state index contributed by atoms with van der Waals surface area (Å²) in [5.74, 6) is -1.52. The number of ether oxygens (including phenoxy) is 1. The Kier molecular flexibility index (Phi) is 5.95. The van der Waals surface area contributed by atoms with E-state index < -0.39 is 41.8 Å². The first-order valence-corrected chi connectivity index (χ1v) is 10.8. The molecule has 0 spiro atoms. The number of aromatic nitrogens is 2. The molecule has 1 saturated heterocycles. The van der Waals surface area contributed by atoms with Crippen LogP contribution in [0.15, 0.2) is 71.7 Å². The maximum absolute atomic E-state index is 12.5. The summed E-state index contributed by atoms with van der Waals surface area (Å²) in [4.78, 5) is 58.9. The number of rotatable bonds is 6. The number of imide groups is 1. The molecule has 0 saturated carbocycles. The zero-order valence-electron chi connectivity index (χ0n) is 18.2. The lowest BCUT2D eigenvalue weighted by Gasteiger charge is -2.19. The van der Waals surface area contributed by atoms with Crippen molar-refractivity contribution in [3.8, 4) is 0 Å². The number of hydroxylamine groups is 2. The Bertz CT molecular complexity index is 1320. The molecule has 2 aliphatic heterocycles. The van der Waals surface area contributed by atoms with Gasteiger partial charge in [0.2, 0.25) is 0 Å². The van der Waals surface area contributed by atoms with Crippen LogP contribution in [-0.2, 0) is 9.57 Å². The number of carbonyl (C=O) groups is 3. The van der Waals surface area contributed by atoms with E-state index >= 15 is 0 Å². The number of benzene rings is 2. The Hall–Kier alpha value is -4.19. The molecule has 0 bridgehead atoms. The Labute approximate surface area is 198 Å². The van der Waals surface area contributed by atoms with Crippen molar-refractivity contribution in [2.24, 2.45) is 0 Å². The molecular weight excluding hydrogens is 456 g/mol. The lowest BCUT2D eigenvalue weighted by Crippen LogP contribution is -2.36. The molecule has 178 valence electrons. The van der Waals surface area contributed by atoms with Crippen LogP contribution in [0.1, 0.15) is 43.7 Å². The number of carbonyl (C=O) groups excluding carboxylic acids is 3. The summed E-state index contributed by atoms with van der Waals surface area (Å²) in [5, 5.41) is 13.6. The van der Waals surface area contributed by atoms with Gasteiger partial charge in [0.05, 0.1) is 17.2 Å². The highest BCUT2D eigenvalue weighted by Gasteiger charge is 2.40. The van der Waals surface area contributed by atoms with Gasteiger partial charge in [-0.1, -0.05) is 30.3 Å². The van der Waals surface area contributed by atoms with Crippen molar-refractivity contribution in [1.29, 1.82) is 0 Å². The maximum atomic E-state index is 12.5. The third kappa shape index (κ3) is 4.35. The van der Waals surface area contributed by atoms with E-state index in [1.54, 1.807) is 42.5 Å². The third-order valence-electron chi connectivity index (χ3n) is 5.75. The fraction of sp³-hybridized carbons (Fsp3) is 0.208. The molecule has 11 heteroatoms. The number of hydrogen-bond donors (Lipinski definition) is 2. The summed E-state index contributed by atoms with van der Waals surface area (Å²) < 4.78 is 6.93. The van der Waals surface area contributed by atoms with E-state index in [4.69, 9.17) is 9.57 Å². The minimum Gasteiger partial charge on any atom is -0.390 e. The first kappa shape index (κ1) is 22.6. The number of nitrogens with zero attached hydrogens (tertiary/aromatic N) is 3. The molecule has 3 amide bonds. The van der Waals surface area contributed by atoms with Gasteiger partial charge in [0.15, 0.2) is 0 Å². The average Bonchev–Trinajstić information content (AvgIpc) is 3.35. The van der Waals surface area contributed by atoms with Crippen molar-refractivity contribution in [3.63, 3.8) is 0 Å². The summed E-state index contributed by atoms with van der Waals surface area (Å²) in [5.41, 5.74) is 0.206. The van der Waals surface area contributed by atoms with Crippen LogP contribution in [-0.4, -0.2) is 56.3 Å². The summed E-state index contributed by atoms with van der Waals surface area (Å²) in [7, 11) is 0. The van der Waals surface area contributed by atoms with Gasteiger partial charge in [-0.25, -0.2) is 4.79 Å². The van der Waals surface area contributed by atoms with Crippen LogP contribution in [0.4, 0.5) is 5.82 Å². The molecule has 0 radical (unpaired) electrons. The number of aliphatic hydroxyl groups is 1. The minimum absolute atomic E-state index is 0.0629. The Morgan fingerprint density at radius 2 is 1.69 bits per heavy atom. The molecule has 1 unspecified atom stereocenters. The van der Waals surface area contributed by atoms with Gasteiger partial charge in [-0.15, -0.1) is 5.06 Å².